The highest BCUT2D eigenvalue weighted by molar-refractivity contribution is 6.33. The van der Waals surface area contributed by atoms with Gasteiger partial charge in [0.15, 0.2) is 5.65 Å². The van der Waals surface area contributed by atoms with Crippen LogP contribution in [0.15, 0.2) is 77.1 Å². The fraction of sp³-hybridized carbons (Fsp3) is 0.107. The first-order valence-electron chi connectivity index (χ1n) is 12.0. The summed E-state index contributed by atoms with van der Waals surface area (Å²) >= 11 is 6.10. The molecule has 192 valence electrons. The second kappa shape index (κ2) is 9.41. The molecule has 0 aliphatic rings. The van der Waals surface area contributed by atoms with E-state index in [-0.39, 0.29) is 28.6 Å². The van der Waals surface area contributed by atoms with Gasteiger partial charge in [0.05, 0.1) is 28.0 Å². The monoisotopic (exact) mass is 536 g/mol. The summed E-state index contributed by atoms with van der Waals surface area (Å²) in [6, 6.07) is 16.3. The minimum Gasteiger partial charge on any atom is -0.383 e. The molecule has 6 rings (SSSR count). The maximum Gasteiger partial charge on any atom is 0.264 e. The Labute approximate surface area is 226 Å². The summed E-state index contributed by atoms with van der Waals surface area (Å²) < 4.78 is 3.29. The van der Waals surface area contributed by atoms with Crippen LogP contribution in [0.4, 0.5) is 11.5 Å². The van der Waals surface area contributed by atoms with Gasteiger partial charge >= 0.3 is 0 Å². The SMILES string of the molecule is Cc1cccnc1-n1c(Cn2nc(-c3ccc(Cl)c(N=O)c3)c3c(N)ncnc32)cc2cccc(C)c2c1=O. The lowest BCUT2D eigenvalue weighted by Gasteiger charge is -2.16. The molecule has 0 fully saturated rings. The van der Waals surface area contributed by atoms with Crippen LogP contribution in [0.5, 0.6) is 0 Å². The van der Waals surface area contributed by atoms with E-state index in [1.807, 2.05) is 50.2 Å². The first-order valence-corrected chi connectivity index (χ1v) is 12.4. The Bertz CT molecular complexity index is 2000. The fourth-order valence-electron chi connectivity index (χ4n) is 4.88. The Kier molecular flexibility index (Phi) is 5.88. The molecule has 0 unspecified atom stereocenters. The van der Waals surface area contributed by atoms with Crippen molar-refractivity contribution in [2.75, 3.05) is 5.73 Å². The van der Waals surface area contributed by atoms with Crippen molar-refractivity contribution in [3.05, 3.63) is 104 Å². The van der Waals surface area contributed by atoms with Crippen LogP contribution in [0.1, 0.15) is 16.8 Å². The highest BCUT2D eigenvalue weighted by Gasteiger charge is 2.21. The van der Waals surface area contributed by atoms with E-state index in [0.29, 0.717) is 39.2 Å². The van der Waals surface area contributed by atoms with Crippen molar-refractivity contribution in [1.82, 2.24) is 29.3 Å². The summed E-state index contributed by atoms with van der Waals surface area (Å²) in [5.41, 5.74) is 10.1. The number of aryl methyl sites for hydroxylation is 2. The van der Waals surface area contributed by atoms with E-state index in [1.54, 1.807) is 33.6 Å². The summed E-state index contributed by atoms with van der Waals surface area (Å²) in [4.78, 5) is 38.4. The predicted octanol–water partition coefficient (Wildman–Crippen LogP) is 5.49. The van der Waals surface area contributed by atoms with E-state index in [1.165, 1.54) is 6.33 Å². The maximum atomic E-state index is 14.0. The van der Waals surface area contributed by atoms with Gasteiger partial charge in [0, 0.05) is 11.8 Å². The summed E-state index contributed by atoms with van der Waals surface area (Å²) in [7, 11) is 0. The third kappa shape index (κ3) is 4.02. The van der Waals surface area contributed by atoms with E-state index in [0.717, 1.165) is 16.5 Å². The third-order valence-electron chi connectivity index (χ3n) is 6.71. The van der Waals surface area contributed by atoms with Crippen molar-refractivity contribution in [1.29, 1.82) is 0 Å². The summed E-state index contributed by atoms with van der Waals surface area (Å²) in [5.74, 6) is 0.761. The average Bonchev–Trinajstić information content (AvgIpc) is 3.29. The van der Waals surface area contributed by atoms with Crippen molar-refractivity contribution in [2.45, 2.75) is 20.4 Å². The molecule has 0 radical (unpaired) electrons. The van der Waals surface area contributed by atoms with Gasteiger partial charge in [0.2, 0.25) is 0 Å². The molecule has 10 nitrogen and oxygen atoms in total. The Morgan fingerprint density at radius 2 is 1.79 bits per heavy atom. The normalized spacial score (nSPS) is 11.4. The van der Waals surface area contributed by atoms with Crippen LogP contribution in [0.2, 0.25) is 5.02 Å². The molecule has 11 heteroatoms. The molecular formula is C28H21ClN8O2. The third-order valence-corrected chi connectivity index (χ3v) is 7.03. The summed E-state index contributed by atoms with van der Waals surface area (Å²) in [6.07, 6.45) is 3.02. The van der Waals surface area contributed by atoms with Crippen LogP contribution in [0.25, 0.3) is 38.9 Å². The zero-order valence-electron chi connectivity index (χ0n) is 21.0. The number of aromatic nitrogens is 6. The van der Waals surface area contributed by atoms with Gasteiger partial charge in [-0.15, -0.1) is 4.91 Å². The minimum absolute atomic E-state index is 0.0802. The van der Waals surface area contributed by atoms with Crippen molar-refractivity contribution < 1.29 is 0 Å². The Morgan fingerprint density at radius 1 is 0.974 bits per heavy atom. The van der Waals surface area contributed by atoms with Crippen LogP contribution in [-0.4, -0.2) is 29.3 Å². The number of benzene rings is 2. The molecule has 2 N–H and O–H groups in total. The summed E-state index contributed by atoms with van der Waals surface area (Å²) in [6.45, 7) is 4.00. The Hall–Kier alpha value is -4.96. The molecule has 0 amide bonds. The number of nitrogens with zero attached hydrogens (tertiary/aromatic N) is 7. The van der Waals surface area contributed by atoms with E-state index in [9.17, 15) is 9.70 Å². The second-order valence-electron chi connectivity index (χ2n) is 9.18. The molecule has 0 bridgehead atoms. The number of anilines is 1. The Balaban J connectivity index is 1.62. The van der Waals surface area contributed by atoms with Gasteiger partial charge in [-0.05, 0) is 59.8 Å². The van der Waals surface area contributed by atoms with Gasteiger partial charge < -0.3 is 5.73 Å². The van der Waals surface area contributed by atoms with Crippen LogP contribution >= 0.6 is 11.6 Å². The average molecular weight is 537 g/mol. The van der Waals surface area contributed by atoms with E-state index in [2.05, 4.69) is 20.1 Å². The van der Waals surface area contributed by atoms with Crippen LogP contribution in [0.3, 0.4) is 0 Å². The molecule has 0 aliphatic heterocycles. The number of fused-ring (bicyclic) bond motifs is 2. The lowest BCUT2D eigenvalue weighted by Crippen LogP contribution is -2.25. The lowest BCUT2D eigenvalue weighted by molar-refractivity contribution is 0.668. The number of rotatable bonds is 5. The molecule has 4 aromatic heterocycles. The molecule has 0 atom stereocenters. The van der Waals surface area contributed by atoms with Crippen molar-refractivity contribution in [3.8, 4) is 17.1 Å². The molecule has 0 saturated carbocycles. The number of nitroso groups, excluding NO2 is 1. The first kappa shape index (κ1) is 24.4. The van der Waals surface area contributed by atoms with Crippen molar-refractivity contribution in [2.24, 2.45) is 5.18 Å². The van der Waals surface area contributed by atoms with Gasteiger partial charge in [0.1, 0.15) is 29.3 Å². The molecular weight excluding hydrogens is 516 g/mol. The molecule has 2 aromatic carbocycles. The zero-order chi connectivity index (χ0) is 27.3. The molecule has 0 aliphatic carbocycles. The number of nitrogen functional groups attached to an aromatic ring is 1. The smallest absolute Gasteiger partial charge is 0.264 e. The fourth-order valence-corrected chi connectivity index (χ4v) is 5.03. The number of hydrogen-bond donors (Lipinski definition) is 1. The minimum atomic E-state index is -0.173. The van der Waals surface area contributed by atoms with Gasteiger partial charge in [-0.3, -0.25) is 9.36 Å². The first-order chi connectivity index (χ1) is 18.9. The highest BCUT2D eigenvalue weighted by atomic mass is 35.5. The molecule has 39 heavy (non-hydrogen) atoms. The van der Waals surface area contributed by atoms with E-state index in [4.69, 9.17) is 22.4 Å². The topological polar surface area (TPSA) is 134 Å². The number of nitrogens with two attached hydrogens (primary N) is 1. The maximum absolute atomic E-state index is 14.0. The van der Waals surface area contributed by atoms with Crippen LogP contribution in [-0.2, 0) is 6.54 Å². The quantitative estimate of drug-likeness (QED) is 0.288. The van der Waals surface area contributed by atoms with Crippen molar-refractivity contribution in [3.63, 3.8) is 0 Å². The molecule has 6 aromatic rings. The molecule has 0 saturated heterocycles. The van der Waals surface area contributed by atoms with Gasteiger partial charge in [0.25, 0.3) is 5.56 Å². The molecule has 4 heterocycles. The van der Waals surface area contributed by atoms with Gasteiger partial charge in [-0.1, -0.05) is 41.9 Å². The van der Waals surface area contributed by atoms with E-state index >= 15 is 0 Å². The number of pyridine rings is 2. The van der Waals surface area contributed by atoms with E-state index < -0.39 is 0 Å². The zero-order valence-corrected chi connectivity index (χ0v) is 21.7. The summed E-state index contributed by atoms with van der Waals surface area (Å²) in [5, 5.41) is 9.99. The number of halogens is 1. The lowest BCUT2D eigenvalue weighted by atomic mass is 10.1. The largest absolute Gasteiger partial charge is 0.383 e. The van der Waals surface area contributed by atoms with Gasteiger partial charge in [-0.25, -0.2) is 19.6 Å². The standard InChI is InChI=1S/C28H21ClN8O2/c1-15-5-3-7-17-11-19(37(28(38)22(15)17)26-16(2)6-4-10-31-26)13-36-27-23(25(30)32-14-33-27)24(34-36)18-8-9-20(29)21(12-18)35-39/h3-12,14H,13H2,1-2H3,(H2,30,32,33). The Morgan fingerprint density at radius 3 is 2.59 bits per heavy atom. The molecule has 0 spiro atoms. The van der Waals surface area contributed by atoms with Crippen LogP contribution < -0.4 is 11.3 Å². The predicted molar refractivity (Wildman–Crippen MR) is 152 cm³/mol. The second-order valence-corrected chi connectivity index (χ2v) is 9.59. The van der Waals surface area contributed by atoms with Crippen molar-refractivity contribution >= 4 is 44.9 Å². The highest BCUT2D eigenvalue weighted by Crippen LogP contribution is 2.35. The van der Waals surface area contributed by atoms with Gasteiger partial charge in [-0.2, -0.15) is 5.10 Å². The van der Waals surface area contributed by atoms with Crippen LogP contribution in [0, 0.1) is 18.8 Å². The number of hydrogen-bond acceptors (Lipinski definition) is 8.